The van der Waals surface area contributed by atoms with Gasteiger partial charge in [0.2, 0.25) is 11.8 Å². The van der Waals surface area contributed by atoms with Gasteiger partial charge in [0.1, 0.15) is 6.54 Å². The molecular weight excluding hydrogens is 344 g/mol. The highest BCUT2D eigenvalue weighted by molar-refractivity contribution is 9.10. The van der Waals surface area contributed by atoms with Crippen LogP contribution in [0.25, 0.3) is 0 Å². The predicted octanol–water partition coefficient (Wildman–Crippen LogP) is 3.51. The summed E-state index contributed by atoms with van der Waals surface area (Å²) >= 11 is 3.43. The number of hydrogen-bond acceptors (Lipinski definition) is 2. The number of hydrogen-bond donors (Lipinski definition) is 0. The van der Waals surface area contributed by atoms with Gasteiger partial charge in [-0.1, -0.05) is 28.8 Å². The minimum Gasteiger partial charge on any atom is -0.341 e. The molecule has 1 aliphatic rings. The summed E-state index contributed by atoms with van der Waals surface area (Å²) in [6, 6.07) is 5.74. The molecule has 4 nitrogen and oxygen atoms in total. The lowest BCUT2D eigenvalue weighted by molar-refractivity contribution is -0.131. The molecule has 1 saturated heterocycles. The first-order chi connectivity index (χ1) is 10.5. The fourth-order valence-electron chi connectivity index (χ4n) is 2.84. The third kappa shape index (κ3) is 4.32. The van der Waals surface area contributed by atoms with Crippen LogP contribution in [0.15, 0.2) is 22.7 Å². The van der Waals surface area contributed by atoms with E-state index in [1.165, 1.54) is 19.8 Å². The van der Waals surface area contributed by atoms with Crippen LogP contribution >= 0.6 is 15.9 Å². The van der Waals surface area contributed by atoms with Crippen LogP contribution in [0.3, 0.4) is 0 Å². The normalized spacial score (nSPS) is 15.3. The molecule has 1 aromatic carbocycles. The van der Waals surface area contributed by atoms with Gasteiger partial charge in [-0.05, 0) is 43.5 Å². The molecule has 120 valence electrons. The lowest BCUT2D eigenvalue weighted by atomic mass is 10.1. The van der Waals surface area contributed by atoms with Gasteiger partial charge in [-0.25, -0.2) is 0 Å². The summed E-state index contributed by atoms with van der Waals surface area (Å²) in [5.74, 6) is -0.0620. The Balaban J connectivity index is 2.14. The van der Waals surface area contributed by atoms with Crippen molar-refractivity contribution in [1.82, 2.24) is 4.90 Å². The number of amides is 2. The zero-order valence-corrected chi connectivity index (χ0v) is 14.9. The number of carbonyl (C=O) groups excluding carboxylic acids is 2. The molecule has 0 N–H and O–H groups in total. The van der Waals surface area contributed by atoms with E-state index in [2.05, 4.69) is 15.9 Å². The topological polar surface area (TPSA) is 40.6 Å². The Bertz CT molecular complexity index is 552. The van der Waals surface area contributed by atoms with Crippen LogP contribution in [-0.4, -0.2) is 36.3 Å². The predicted molar refractivity (Wildman–Crippen MR) is 92.0 cm³/mol. The fourth-order valence-corrected chi connectivity index (χ4v) is 3.32. The van der Waals surface area contributed by atoms with Crippen molar-refractivity contribution in [2.45, 2.75) is 39.5 Å². The maximum Gasteiger partial charge on any atom is 0.242 e. The smallest absolute Gasteiger partial charge is 0.242 e. The van der Waals surface area contributed by atoms with E-state index in [4.69, 9.17) is 0 Å². The molecule has 5 heteroatoms. The first-order valence-corrected chi connectivity index (χ1v) is 8.60. The van der Waals surface area contributed by atoms with Crippen LogP contribution in [0, 0.1) is 6.92 Å². The van der Waals surface area contributed by atoms with Crippen LogP contribution in [-0.2, 0) is 9.59 Å². The Hall–Kier alpha value is -1.36. The maximum absolute atomic E-state index is 12.5. The number of rotatable bonds is 3. The first-order valence-electron chi connectivity index (χ1n) is 7.81. The Kier molecular flexibility index (Phi) is 6.00. The van der Waals surface area contributed by atoms with E-state index in [9.17, 15) is 9.59 Å². The average molecular weight is 367 g/mol. The highest BCUT2D eigenvalue weighted by atomic mass is 79.9. The summed E-state index contributed by atoms with van der Waals surface area (Å²) in [5, 5.41) is 0. The lowest BCUT2D eigenvalue weighted by Gasteiger charge is -2.27. The standard InChI is InChI=1S/C17H23BrN2O2/c1-13-11-15(18)7-8-16(13)20(14(2)21)12-17(22)19-9-5-3-4-6-10-19/h7-8,11H,3-6,9-10,12H2,1-2H3. The van der Waals surface area contributed by atoms with Crippen LogP contribution in [0.4, 0.5) is 5.69 Å². The van der Waals surface area contributed by atoms with Gasteiger partial charge in [0, 0.05) is 30.2 Å². The van der Waals surface area contributed by atoms with Gasteiger partial charge in [-0.3, -0.25) is 9.59 Å². The molecule has 0 unspecified atom stereocenters. The summed E-state index contributed by atoms with van der Waals surface area (Å²) in [6.07, 6.45) is 4.49. The number of benzene rings is 1. The fraction of sp³-hybridized carbons (Fsp3) is 0.529. The Morgan fingerprint density at radius 2 is 1.82 bits per heavy atom. The van der Waals surface area contributed by atoms with Crippen molar-refractivity contribution < 1.29 is 9.59 Å². The van der Waals surface area contributed by atoms with Gasteiger partial charge in [-0.15, -0.1) is 0 Å². The van der Waals surface area contributed by atoms with E-state index >= 15 is 0 Å². The molecule has 0 atom stereocenters. The number of carbonyl (C=O) groups is 2. The molecule has 0 spiro atoms. The van der Waals surface area contributed by atoms with Crippen LogP contribution in [0.1, 0.15) is 38.2 Å². The molecule has 0 aliphatic carbocycles. The van der Waals surface area contributed by atoms with E-state index in [-0.39, 0.29) is 18.4 Å². The minimum absolute atomic E-state index is 0.0411. The number of anilines is 1. The Labute approximate surface area is 140 Å². The third-order valence-electron chi connectivity index (χ3n) is 4.08. The second-order valence-corrected chi connectivity index (χ2v) is 6.75. The van der Waals surface area contributed by atoms with Crippen molar-refractivity contribution in [3.8, 4) is 0 Å². The molecule has 1 heterocycles. The van der Waals surface area contributed by atoms with Crippen LogP contribution < -0.4 is 4.90 Å². The minimum atomic E-state index is -0.103. The third-order valence-corrected chi connectivity index (χ3v) is 4.58. The summed E-state index contributed by atoms with van der Waals surface area (Å²) in [4.78, 5) is 28.0. The second kappa shape index (κ2) is 7.77. The number of likely N-dealkylation sites (tertiary alicyclic amines) is 1. The van der Waals surface area contributed by atoms with Crippen molar-refractivity contribution in [2.24, 2.45) is 0 Å². The number of aryl methyl sites for hydroxylation is 1. The molecular formula is C17H23BrN2O2. The first kappa shape index (κ1) is 17.0. The molecule has 22 heavy (non-hydrogen) atoms. The molecule has 0 saturated carbocycles. The molecule has 0 bridgehead atoms. The average Bonchev–Trinajstić information content (AvgIpc) is 2.74. The van der Waals surface area contributed by atoms with Gasteiger partial charge >= 0.3 is 0 Å². The summed E-state index contributed by atoms with van der Waals surface area (Å²) < 4.78 is 0.969. The Morgan fingerprint density at radius 1 is 1.18 bits per heavy atom. The SMILES string of the molecule is CC(=O)N(CC(=O)N1CCCCCC1)c1ccc(Br)cc1C. The van der Waals surface area contributed by atoms with Gasteiger partial charge in [0.05, 0.1) is 0 Å². The highest BCUT2D eigenvalue weighted by Crippen LogP contribution is 2.24. The largest absolute Gasteiger partial charge is 0.341 e. The molecule has 0 aromatic heterocycles. The van der Waals surface area contributed by atoms with E-state index in [0.29, 0.717) is 0 Å². The van der Waals surface area contributed by atoms with E-state index in [1.54, 1.807) is 4.90 Å². The van der Waals surface area contributed by atoms with Crippen molar-refractivity contribution in [3.05, 3.63) is 28.2 Å². The van der Waals surface area contributed by atoms with E-state index in [1.807, 2.05) is 30.0 Å². The molecule has 1 aliphatic heterocycles. The quantitative estimate of drug-likeness (QED) is 0.820. The van der Waals surface area contributed by atoms with Crippen LogP contribution in [0.2, 0.25) is 0 Å². The van der Waals surface area contributed by atoms with Crippen molar-refractivity contribution in [3.63, 3.8) is 0 Å². The second-order valence-electron chi connectivity index (χ2n) is 5.83. The van der Waals surface area contributed by atoms with Gasteiger partial charge in [0.25, 0.3) is 0 Å². The van der Waals surface area contributed by atoms with Gasteiger partial charge < -0.3 is 9.80 Å². The zero-order valence-electron chi connectivity index (χ0n) is 13.3. The van der Waals surface area contributed by atoms with Crippen molar-refractivity contribution in [1.29, 1.82) is 0 Å². The lowest BCUT2D eigenvalue weighted by Crippen LogP contribution is -2.43. The van der Waals surface area contributed by atoms with Gasteiger partial charge in [0.15, 0.2) is 0 Å². The summed E-state index contributed by atoms with van der Waals surface area (Å²) in [5.41, 5.74) is 1.78. The molecule has 1 aromatic rings. The zero-order chi connectivity index (χ0) is 16.1. The van der Waals surface area contributed by atoms with Crippen molar-refractivity contribution >= 4 is 33.4 Å². The molecule has 2 amide bonds. The molecule has 0 radical (unpaired) electrons. The van der Waals surface area contributed by atoms with E-state index in [0.717, 1.165) is 41.7 Å². The number of halogens is 1. The Morgan fingerprint density at radius 3 is 2.36 bits per heavy atom. The summed E-state index contributed by atoms with van der Waals surface area (Å²) in [6.45, 7) is 5.20. The number of nitrogens with zero attached hydrogens (tertiary/aromatic N) is 2. The van der Waals surface area contributed by atoms with Gasteiger partial charge in [-0.2, -0.15) is 0 Å². The highest BCUT2D eigenvalue weighted by Gasteiger charge is 2.22. The monoisotopic (exact) mass is 366 g/mol. The van der Waals surface area contributed by atoms with Crippen LogP contribution in [0.5, 0.6) is 0 Å². The maximum atomic E-state index is 12.5. The summed E-state index contributed by atoms with van der Waals surface area (Å²) in [7, 11) is 0. The molecule has 2 rings (SSSR count). The molecule has 1 fully saturated rings. The van der Waals surface area contributed by atoms with E-state index < -0.39 is 0 Å². The van der Waals surface area contributed by atoms with Crippen molar-refractivity contribution in [2.75, 3.05) is 24.5 Å².